The van der Waals surface area contributed by atoms with E-state index < -0.39 is 28.9 Å². The van der Waals surface area contributed by atoms with Crippen LogP contribution in [-0.2, 0) is 4.79 Å². The fourth-order valence-electron chi connectivity index (χ4n) is 1.78. The van der Waals surface area contributed by atoms with Gasteiger partial charge in [-0.15, -0.1) is 0 Å². The van der Waals surface area contributed by atoms with Gasteiger partial charge in [-0.25, -0.2) is 4.39 Å². The van der Waals surface area contributed by atoms with Gasteiger partial charge >= 0.3 is 5.69 Å². The van der Waals surface area contributed by atoms with Crippen LogP contribution in [0.15, 0.2) is 42.5 Å². The monoisotopic (exact) mass is 318 g/mol. The second-order valence-corrected chi connectivity index (χ2v) is 4.45. The van der Waals surface area contributed by atoms with Gasteiger partial charge < -0.3 is 10.1 Å². The second kappa shape index (κ2) is 7.12. The molecule has 0 saturated heterocycles. The van der Waals surface area contributed by atoms with Crippen LogP contribution in [0.5, 0.6) is 5.75 Å². The number of anilines is 1. The van der Waals surface area contributed by atoms with Crippen LogP contribution in [0.4, 0.5) is 15.8 Å². The van der Waals surface area contributed by atoms with E-state index in [1.165, 1.54) is 30.3 Å². The molecule has 0 aromatic heterocycles. The number of nitro groups is 1. The summed E-state index contributed by atoms with van der Waals surface area (Å²) in [6, 6.07) is 8.88. The Morgan fingerprint density at radius 1 is 1.30 bits per heavy atom. The summed E-state index contributed by atoms with van der Waals surface area (Å²) in [6.45, 7) is -0.502. The molecule has 1 N–H and O–H groups in total. The van der Waals surface area contributed by atoms with Crippen molar-refractivity contribution in [1.82, 2.24) is 0 Å². The van der Waals surface area contributed by atoms with E-state index >= 15 is 0 Å². The third-order valence-electron chi connectivity index (χ3n) is 2.78. The van der Waals surface area contributed by atoms with Crippen molar-refractivity contribution < 1.29 is 23.6 Å². The van der Waals surface area contributed by atoms with E-state index in [1.54, 1.807) is 0 Å². The highest BCUT2D eigenvalue weighted by atomic mass is 19.1. The molecular formula is C15H11FN2O5. The summed E-state index contributed by atoms with van der Waals surface area (Å²) in [5.41, 5.74) is -0.0641. The molecule has 0 radical (unpaired) electrons. The molecule has 0 unspecified atom stereocenters. The topological polar surface area (TPSA) is 98.5 Å². The SMILES string of the molecule is O=Cc1ccc(OCC(=O)Nc2cccc(F)c2)c([N+](=O)[O-])c1. The van der Waals surface area contributed by atoms with Crippen LogP contribution < -0.4 is 10.1 Å². The van der Waals surface area contributed by atoms with Crippen molar-refractivity contribution in [3.63, 3.8) is 0 Å². The van der Waals surface area contributed by atoms with Gasteiger partial charge in [0, 0.05) is 17.3 Å². The van der Waals surface area contributed by atoms with Crippen LogP contribution in [0, 0.1) is 15.9 Å². The van der Waals surface area contributed by atoms with Crippen LogP contribution in [0.2, 0.25) is 0 Å². The fraction of sp³-hybridized carbons (Fsp3) is 0.0667. The van der Waals surface area contributed by atoms with Gasteiger partial charge in [-0.2, -0.15) is 0 Å². The minimum Gasteiger partial charge on any atom is -0.477 e. The molecule has 2 rings (SSSR count). The molecule has 0 atom stereocenters. The van der Waals surface area contributed by atoms with Crippen LogP contribution in [0.1, 0.15) is 10.4 Å². The minimum absolute atomic E-state index is 0.119. The number of nitrogens with zero attached hydrogens (tertiary/aromatic N) is 1. The Kier molecular flexibility index (Phi) is 4.98. The zero-order valence-electron chi connectivity index (χ0n) is 11.7. The average Bonchev–Trinajstić information content (AvgIpc) is 2.52. The molecule has 2 aromatic carbocycles. The van der Waals surface area contributed by atoms with Gasteiger partial charge in [-0.05, 0) is 30.3 Å². The first-order valence-electron chi connectivity index (χ1n) is 6.41. The highest BCUT2D eigenvalue weighted by Crippen LogP contribution is 2.27. The second-order valence-electron chi connectivity index (χ2n) is 4.45. The molecule has 0 aliphatic heterocycles. The first-order chi connectivity index (χ1) is 11.0. The molecule has 1 amide bonds. The number of hydrogen-bond donors (Lipinski definition) is 1. The van der Waals surface area contributed by atoms with Gasteiger partial charge in [0.15, 0.2) is 12.4 Å². The van der Waals surface area contributed by atoms with Gasteiger partial charge in [-0.1, -0.05) is 6.07 Å². The number of hydrogen-bond acceptors (Lipinski definition) is 5. The van der Waals surface area contributed by atoms with Crippen molar-refractivity contribution in [2.24, 2.45) is 0 Å². The van der Waals surface area contributed by atoms with E-state index in [4.69, 9.17) is 4.74 Å². The Morgan fingerprint density at radius 3 is 2.74 bits per heavy atom. The highest BCUT2D eigenvalue weighted by molar-refractivity contribution is 5.91. The molecular weight excluding hydrogens is 307 g/mol. The maximum absolute atomic E-state index is 13.0. The standard InChI is InChI=1S/C15H11FN2O5/c16-11-2-1-3-12(7-11)17-15(20)9-23-14-5-4-10(8-19)6-13(14)18(21)22/h1-8H,9H2,(H,17,20). The number of aldehydes is 1. The zero-order chi connectivity index (χ0) is 16.8. The third kappa shape index (κ3) is 4.34. The third-order valence-corrected chi connectivity index (χ3v) is 2.78. The number of rotatable bonds is 6. The molecule has 0 spiro atoms. The van der Waals surface area contributed by atoms with Crippen molar-refractivity contribution in [2.45, 2.75) is 0 Å². The number of nitrogens with one attached hydrogen (secondary N) is 1. The maximum Gasteiger partial charge on any atom is 0.311 e. The summed E-state index contributed by atoms with van der Waals surface area (Å²) in [4.78, 5) is 32.6. The van der Waals surface area contributed by atoms with Crippen LogP contribution in [0.25, 0.3) is 0 Å². The summed E-state index contributed by atoms with van der Waals surface area (Å²) >= 11 is 0. The summed E-state index contributed by atoms with van der Waals surface area (Å²) < 4.78 is 18.1. The molecule has 2 aromatic rings. The van der Waals surface area contributed by atoms with E-state index in [0.717, 1.165) is 12.1 Å². The molecule has 0 aliphatic rings. The predicted octanol–water partition coefficient (Wildman–Crippen LogP) is 2.56. The summed E-state index contributed by atoms with van der Waals surface area (Å²) in [5, 5.41) is 13.3. The first kappa shape index (κ1) is 16.1. The maximum atomic E-state index is 13.0. The van der Waals surface area contributed by atoms with Gasteiger partial charge in [0.1, 0.15) is 12.1 Å². The zero-order valence-corrected chi connectivity index (χ0v) is 11.7. The lowest BCUT2D eigenvalue weighted by atomic mass is 10.2. The highest BCUT2D eigenvalue weighted by Gasteiger charge is 2.17. The minimum atomic E-state index is -0.715. The number of halogens is 1. The van der Waals surface area contributed by atoms with E-state index in [1.807, 2.05) is 0 Å². The van der Waals surface area contributed by atoms with Crippen molar-refractivity contribution >= 4 is 23.6 Å². The first-order valence-corrected chi connectivity index (χ1v) is 6.41. The lowest BCUT2D eigenvalue weighted by molar-refractivity contribution is -0.385. The molecule has 7 nitrogen and oxygen atoms in total. The molecule has 0 heterocycles. The van der Waals surface area contributed by atoms with Crippen molar-refractivity contribution in [2.75, 3.05) is 11.9 Å². The molecule has 23 heavy (non-hydrogen) atoms. The number of carbonyl (C=O) groups is 2. The summed E-state index contributed by atoms with van der Waals surface area (Å²) in [5.74, 6) is -1.26. The number of ether oxygens (including phenoxy) is 1. The lowest BCUT2D eigenvalue weighted by Gasteiger charge is -2.08. The quantitative estimate of drug-likeness (QED) is 0.501. The van der Waals surface area contributed by atoms with Crippen molar-refractivity contribution in [1.29, 1.82) is 0 Å². The Bertz CT molecular complexity index is 763. The van der Waals surface area contributed by atoms with Crippen LogP contribution in [-0.4, -0.2) is 23.7 Å². The number of carbonyl (C=O) groups excluding carboxylic acids is 2. The number of amides is 1. The Hall–Kier alpha value is -3.29. The Labute approximate surface area is 129 Å². The Balaban J connectivity index is 2.04. The predicted molar refractivity (Wildman–Crippen MR) is 79.0 cm³/mol. The normalized spacial score (nSPS) is 9.96. The van der Waals surface area contributed by atoms with Crippen molar-refractivity contribution in [3.8, 4) is 5.75 Å². The molecule has 0 saturated carbocycles. The van der Waals surface area contributed by atoms with E-state index in [-0.39, 0.29) is 17.0 Å². The molecule has 0 fully saturated rings. The van der Waals surface area contributed by atoms with Gasteiger partial charge in [0.05, 0.1) is 4.92 Å². The molecule has 8 heteroatoms. The molecule has 0 bridgehead atoms. The number of benzene rings is 2. The van der Waals surface area contributed by atoms with Gasteiger partial charge in [0.2, 0.25) is 0 Å². The number of nitro benzene ring substituents is 1. The van der Waals surface area contributed by atoms with E-state index in [2.05, 4.69) is 5.32 Å². The summed E-state index contributed by atoms with van der Waals surface area (Å²) in [6.07, 6.45) is 0.466. The van der Waals surface area contributed by atoms with Crippen LogP contribution in [0.3, 0.4) is 0 Å². The van der Waals surface area contributed by atoms with Gasteiger partial charge in [0.25, 0.3) is 5.91 Å². The smallest absolute Gasteiger partial charge is 0.311 e. The molecule has 0 aliphatic carbocycles. The lowest BCUT2D eigenvalue weighted by Crippen LogP contribution is -2.20. The Morgan fingerprint density at radius 2 is 2.09 bits per heavy atom. The molecule has 118 valence electrons. The largest absolute Gasteiger partial charge is 0.477 e. The average molecular weight is 318 g/mol. The van der Waals surface area contributed by atoms with E-state index in [0.29, 0.717) is 6.29 Å². The van der Waals surface area contributed by atoms with Crippen molar-refractivity contribution in [3.05, 3.63) is 64.0 Å². The van der Waals surface area contributed by atoms with Crippen LogP contribution >= 0.6 is 0 Å². The summed E-state index contributed by atoms with van der Waals surface area (Å²) in [7, 11) is 0. The van der Waals surface area contributed by atoms with E-state index in [9.17, 15) is 24.1 Å². The van der Waals surface area contributed by atoms with Gasteiger partial charge in [-0.3, -0.25) is 19.7 Å². The fourth-order valence-corrected chi connectivity index (χ4v) is 1.78.